The number of anilines is 1. The Balaban J connectivity index is 2.18. The fourth-order valence-electron chi connectivity index (χ4n) is 1.76. The van der Waals surface area contributed by atoms with Crippen molar-refractivity contribution in [1.82, 2.24) is 0 Å². The number of rotatable bonds is 5. The highest BCUT2D eigenvalue weighted by Crippen LogP contribution is 2.28. The lowest BCUT2D eigenvalue weighted by Crippen LogP contribution is -2.11. The van der Waals surface area contributed by atoms with E-state index in [1.807, 2.05) is 24.3 Å². The molecule has 0 radical (unpaired) electrons. The highest BCUT2D eigenvalue weighted by atomic mass is 79.9. The van der Waals surface area contributed by atoms with Crippen LogP contribution in [0.4, 0.5) is 5.69 Å². The third-order valence-corrected chi connectivity index (χ3v) is 6.65. The molecule has 108 valence electrons. The van der Waals surface area contributed by atoms with Crippen molar-refractivity contribution in [3.05, 3.63) is 45.7 Å². The average molecular weight is 374 g/mol. The van der Waals surface area contributed by atoms with Crippen LogP contribution in [0.5, 0.6) is 0 Å². The molecular formula is C14H16BrNO2S2. The van der Waals surface area contributed by atoms with Crippen molar-refractivity contribution in [1.29, 1.82) is 0 Å². The summed E-state index contributed by atoms with van der Waals surface area (Å²) >= 11 is 4.46. The van der Waals surface area contributed by atoms with E-state index in [1.54, 1.807) is 12.1 Å². The van der Waals surface area contributed by atoms with Crippen molar-refractivity contribution in [2.45, 2.75) is 30.4 Å². The Morgan fingerprint density at radius 1 is 1.20 bits per heavy atom. The maximum atomic E-state index is 12.2. The Morgan fingerprint density at radius 2 is 1.85 bits per heavy atom. The van der Waals surface area contributed by atoms with Crippen LogP contribution in [-0.2, 0) is 10.0 Å². The molecule has 0 aliphatic carbocycles. The van der Waals surface area contributed by atoms with Gasteiger partial charge in [0.1, 0.15) is 4.21 Å². The van der Waals surface area contributed by atoms with Crippen molar-refractivity contribution in [3.8, 4) is 0 Å². The van der Waals surface area contributed by atoms with Gasteiger partial charge in [0.2, 0.25) is 0 Å². The molecule has 6 heteroatoms. The minimum atomic E-state index is -3.49. The molecule has 3 nitrogen and oxygen atoms in total. The van der Waals surface area contributed by atoms with Crippen LogP contribution in [0.25, 0.3) is 0 Å². The Kier molecular flexibility index (Phi) is 4.88. The van der Waals surface area contributed by atoms with Gasteiger partial charge in [-0.1, -0.05) is 26.0 Å². The summed E-state index contributed by atoms with van der Waals surface area (Å²) in [7, 11) is -3.49. The van der Waals surface area contributed by atoms with Crippen molar-refractivity contribution in [3.63, 3.8) is 0 Å². The maximum Gasteiger partial charge on any atom is 0.271 e. The molecule has 0 spiro atoms. The first-order valence-electron chi connectivity index (χ1n) is 6.30. The molecule has 0 fully saturated rings. The molecule has 0 amide bonds. The van der Waals surface area contributed by atoms with Crippen LogP contribution in [0, 0.1) is 0 Å². The molecule has 2 aromatic rings. The molecule has 1 N–H and O–H groups in total. The summed E-state index contributed by atoms with van der Waals surface area (Å²) in [6, 6.07) is 10.9. The van der Waals surface area contributed by atoms with E-state index in [4.69, 9.17) is 0 Å². The van der Waals surface area contributed by atoms with Crippen LogP contribution in [-0.4, -0.2) is 8.42 Å². The van der Waals surface area contributed by atoms with Gasteiger partial charge >= 0.3 is 0 Å². The number of nitrogens with one attached hydrogen (secondary N) is 1. The normalized spacial score (nSPS) is 13.2. The molecule has 1 aromatic heterocycles. The van der Waals surface area contributed by atoms with Crippen LogP contribution < -0.4 is 4.72 Å². The van der Waals surface area contributed by atoms with Gasteiger partial charge in [0.25, 0.3) is 10.0 Å². The van der Waals surface area contributed by atoms with Crippen LogP contribution in [0.3, 0.4) is 0 Å². The minimum Gasteiger partial charge on any atom is -0.279 e. The van der Waals surface area contributed by atoms with Gasteiger partial charge in [0.15, 0.2) is 0 Å². The number of thiophene rings is 1. The molecule has 1 aromatic carbocycles. The summed E-state index contributed by atoms with van der Waals surface area (Å²) in [5.74, 6) is 0.480. The maximum absolute atomic E-state index is 12.2. The van der Waals surface area contributed by atoms with Gasteiger partial charge in [-0.25, -0.2) is 8.42 Å². The van der Waals surface area contributed by atoms with Crippen molar-refractivity contribution in [2.75, 3.05) is 4.72 Å². The van der Waals surface area contributed by atoms with Crippen LogP contribution in [0.1, 0.15) is 31.7 Å². The smallest absolute Gasteiger partial charge is 0.271 e. The van der Waals surface area contributed by atoms with Crippen molar-refractivity contribution in [2.24, 2.45) is 0 Å². The predicted octanol–water partition coefficient (Wildman–Crippen LogP) is 4.82. The summed E-state index contributed by atoms with van der Waals surface area (Å²) in [5.41, 5.74) is 1.80. The van der Waals surface area contributed by atoms with Gasteiger partial charge in [-0.2, -0.15) is 0 Å². The van der Waals surface area contributed by atoms with E-state index in [1.165, 1.54) is 16.9 Å². The second kappa shape index (κ2) is 6.28. The third-order valence-electron chi connectivity index (χ3n) is 3.16. The summed E-state index contributed by atoms with van der Waals surface area (Å²) in [6.07, 6.45) is 1.06. The zero-order valence-corrected chi connectivity index (χ0v) is 14.5. The van der Waals surface area contributed by atoms with E-state index in [9.17, 15) is 8.42 Å². The monoisotopic (exact) mass is 373 g/mol. The van der Waals surface area contributed by atoms with Gasteiger partial charge < -0.3 is 0 Å². The fraction of sp³-hybridized carbons (Fsp3) is 0.286. The van der Waals surface area contributed by atoms with Crippen LogP contribution in [0.2, 0.25) is 0 Å². The van der Waals surface area contributed by atoms with Gasteiger partial charge in [-0.15, -0.1) is 11.3 Å². The standard InChI is InChI=1S/C14H16BrNO2S2/c1-3-10(2)11-4-6-12(7-5-11)16-20(17,18)14-9-8-13(15)19-14/h4-10,16H,3H2,1-2H3. The van der Waals surface area contributed by atoms with E-state index >= 15 is 0 Å². The summed E-state index contributed by atoms with van der Waals surface area (Å²) in [4.78, 5) is 0. The predicted molar refractivity (Wildman–Crippen MR) is 88.0 cm³/mol. The molecule has 1 atom stereocenters. The van der Waals surface area contributed by atoms with Gasteiger partial charge in [-0.3, -0.25) is 4.72 Å². The van der Waals surface area contributed by atoms with Gasteiger partial charge in [0.05, 0.1) is 3.79 Å². The molecule has 0 saturated heterocycles. The molecule has 0 bridgehead atoms. The second-order valence-corrected chi connectivity index (χ2v) is 8.97. The topological polar surface area (TPSA) is 46.2 Å². The number of hydrogen-bond donors (Lipinski definition) is 1. The number of halogens is 1. The molecular weight excluding hydrogens is 358 g/mol. The number of benzene rings is 1. The summed E-state index contributed by atoms with van der Waals surface area (Å²) in [6.45, 7) is 4.29. The minimum absolute atomic E-state index is 0.301. The largest absolute Gasteiger partial charge is 0.279 e. The highest BCUT2D eigenvalue weighted by Gasteiger charge is 2.16. The van der Waals surface area contributed by atoms with Crippen LogP contribution in [0.15, 0.2) is 44.4 Å². The van der Waals surface area contributed by atoms with Gasteiger partial charge in [-0.05, 0) is 58.1 Å². The van der Waals surface area contributed by atoms with Crippen molar-refractivity contribution >= 4 is 43.0 Å². The second-order valence-electron chi connectivity index (χ2n) is 4.60. The lowest BCUT2D eigenvalue weighted by molar-refractivity contribution is 0.603. The Morgan fingerprint density at radius 3 is 2.35 bits per heavy atom. The third kappa shape index (κ3) is 3.62. The first kappa shape index (κ1) is 15.5. The Labute approximate surface area is 132 Å². The van der Waals surface area contributed by atoms with E-state index < -0.39 is 10.0 Å². The quantitative estimate of drug-likeness (QED) is 0.815. The Bertz CT molecular complexity index is 677. The molecule has 0 aliphatic rings. The molecule has 1 unspecified atom stereocenters. The van der Waals surface area contributed by atoms with E-state index in [0.29, 0.717) is 15.8 Å². The zero-order chi connectivity index (χ0) is 14.8. The molecule has 20 heavy (non-hydrogen) atoms. The zero-order valence-electron chi connectivity index (χ0n) is 11.3. The van der Waals surface area contributed by atoms with Crippen LogP contribution >= 0.6 is 27.3 Å². The fourth-order valence-corrected chi connectivity index (χ4v) is 4.83. The van der Waals surface area contributed by atoms with E-state index in [0.717, 1.165) is 10.2 Å². The Hall–Kier alpha value is -0.850. The van der Waals surface area contributed by atoms with Gasteiger partial charge in [0, 0.05) is 5.69 Å². The first-order chi connectivity index (χ1) is 9.42. The SMILES string of the molecule is CCC(C)c1ccc(NS(=O)(=O)c2ccc(Br)s2)cc1. The molecule has 1 heterocycles. The first-order valence-corrected chi connectivity index (χ1v) is 9.39. The summed E-state index contributed by atoms with van der Waals surface area (Å²) in [5, 5.41) is 0. The average Bonchev–Trinajstić information content (AvgIpc) is 2.86. The summed E-state index contributed by atoms with van der Waals surface area (Å²) < 4.78 is 28.0. The highest BCUT2D eigenvalue weighted by molar-refractivity contribution is 9.11. The lowest BCUT2D eigenvalue weighted by atomic mass is 9.99. The number of sulfonamides is 1. The molecule has 2 rings (SSSR count). The molecule has 0 saturated carbocycles. The lowest BCUT2D eigenvalue weighted by Gasteiger charge is -2.11. The number of hydrogen-bond acceptors (Lipinski definition) is 3. The van der Waals surface area contributed by atoms with Crippen molar-refractivity contribution < 1.29 is 8.42 Å². The molecule has 0 aliphatic heterocycles. The van der Waals surface area contributed by atoms with E-state index in [-0.39, 0.29) is 0 Å². The van der Waals surface area contributed by atoms with E-state index in [2.05, 4.69) is 34.5 Å².